The van der Waals surface area contributed by atoms with Gasteiger partial charge in [0.05, 0.1) is 24.6 Å². The third kappa shape index (κ3) is 3.52. The summed E-state index contributed by atoms with van der Waals surface area (Å²) in [6.07, 6.45) is 5.04. The van der Waals surface area contributed by atoms with E-state index >= 15 is 0 Å². The van der Waals surface area contributed by atoms with E-state index in [9.17, 15) is 4.79 Å². The van der Waals surface area contributed by atoms with Crippen LogP contribution in [0.15, 0.2) is 42.6 Å². The lowest BCUT2D eigenvalue weighted by Crippen LogP contribution is -2.34. The third-order valence-corrected chi connectivity index (χ3v) is 4.88. The highest BCUT2D eigenvalue weighted by atomic mass is 16.5. The number of aldehydes is 1. The first-order valence-electron chi connectivity index (χ1n) is 8.92. The van der Waals surface area contributed by atoms with Gasteiger partial charge in [-0.05, 0) is 43.7 Å². The molecule has 0 radical (unpaired) electrons. The van der Waals surface area contributed by atoms with Gasteiger partial charge in [0.2, 0.25) is 0 Å². The Kier molecular flexibility index (Phi) is 4.77. The largest absolute Gasteiger partial charge is 0.373 e. The van der Waals surface area contributed by atoms with Crippen molar-refractivity contribution in [2.45, 2.75) is 25.6 Å². The van der Waals surface area contributed by atoms with Gasteiger partial charge in [-0.3, -0.25) is 4.79 Å². The first-order valence-corrected chi connectivity index (χ1v) is 8.92. The number of hydrogen-bond acceptors (Lipinski definition) is 5. The molecule has 1 aliphatic rings. The van der Waals surface area contributed by atoms with Crippen LogP contribution in [-0.4, -0.2) is 52.0 Å². The lowest BCUT2D eigenvalue weighted by atomic mass is 10.1. The summed E-state index contributed by atoms with van der Waals surface area (Å²) in [5.41, 5.74) is 4.11. The van der Waals surface area contributed by atoms with Gasteiger partial charge < -0.3 is 9.64 Å². The van der Waals surface area contributed by atoms with Gasteiger partial charge in [-0.25, -0.2) is 9.50 Å². The smallest absolute Gasteiger partial charge is 0.170 e. The monoisotopic (exact) mass is 350 g/mol. The maximum atomic E-state index is 11.0. The van der Waals surface area contributed by atoms with E-state index in [1.54, 1.807) is 22.8 Å². The zero-order valence-corrected chi connectivity index (χ0v) is 14.8. The van der Waals surface area contributed by atoms with Crippen LogP contribution in [0.3, 0.4) is 0 Å². The molecule has 6 heteroatoms. The Balaban J connectivity index is 1.53. The first kappa shape index (κ1) is 16.9. The predicted octanol–water partition coefficient (Wildman–Crippen LogP) is 2.82. The Morgan fingerprint density at radius 2 is 2.08 bits per heavy atom. The summed E-state index contributed by atoms with van der Waals surface area (Å²) in [5.74, 6) is 0. The molecule has 6 nitrogen and oxygen atoms in total. The lowest BCUT2D eigenvalue weighted by molar-refractivity contribution is 0.00215. The van der Waals surface area contributed by atoms with Gasteiger partial charge in [0, 0.05) is 18.7 Å². The summed E-state index contributed by atoms with van der Waals surface area (Å²) in [7, 11) is 2.15. The number of fused-ring (bicyclic) bond motifs is 1. The van der Waals surface area contributed by atoms with Gasteiger partial charge in [0.15, 0.2) is 11.9 Å². The number of likely N-dealkylation sites (tertiary alicyclic amines) is 1. The molecule has 0 amide bonds. The molecule has 1 aliphatic heterocycles. The van der Waals surface area contributed by atoms with E-state index in [-0.39, 0.29) is 0 Å². The average Bonchev–Trinajstić information content (AvgIpc) is 3.11. The minimum atomic E-state index is 0.336. The lowest BCUT2D eigenvalue weighted by Gasteiger charge is -2.28. The van der Waals surface area contributed by atoms with Gasteiger partial charge in [-0.1, -0.05) is 18.2 Å². The topological polar surface area (TPSA) is 59.7 Å². The maximum absolute atomic E-state index is 11.0. The van der Waals surface area contributed by atoms with E-state index in [4.69, 9.17) is 4.74 Å². The number of hydrogen-bond donors (Lipinski definition) is 0. The molecule has 0 unspecified atom stereocenters. The summed E-state index contributed by atoms with van der Waals surface area (Å²) in [6, 6.07) is 11.7. The Morgan fingerprint density at radius 1 is 1.23 bits per heavy atom. The fraction of sp³-hybridized carbons (Fsp3) is 0.350. The summed E-state index contributed by atoms with van der Waals surface area (Å²) >= 11 is 0. The van der Waals surface area contributed by atoms with Crippen molar-refractivity contribution in [3.05, 3.63) is 53.9 Å². The first-order chi connectivity index (χ1) is 12.7. The summed E-state index contributed by atoms with van der Waals surface area (Å²) in [6.45, 7) is 2.79. The van der Waals surface area contributed by atoms with Crippen molar-refractivity contribution in [2.24, 2.45) is 0 Å². The highest BCUT2D eigenvalue weighted by Crippen LogP contribution is 2.22. The molecule has 1 saturated heterocycles. The van der Waals surface area contributed by atoms with Crippen LogP contribution in [0.2, 0.25) is 0 Å². The number of nitrogens with zero attached hydrogens (tertiary/aromatic N) is 4. The number of imidazole rings is 1. The zero-order chi connectivity index (χ0) is 17.9. The Bertz CT molecular complexity index is 913. The molecule has 26 heavy (non-hydrogen) atoms. The number of aromatic nitrogens is 3. The number of ether oxygens (including phenoxy) is 1. The number of carbonyl (C=O) groups excluding carboxylic acids is 1. The van der Waals surface area contributed by atoms with Crippen molar-refractivity contribution >= 4 is 11.9 Å². The molecule has 0 saturated carbocycles. The molecule has 0 N–H and O–H groups in total. The fourth-order valence-electron chi connectivity index (χ4n) is 3.33. The van der Waals surface area contributed by atoms with E-state index in [1.165, 1.54) is 0 Å². The predicted molar refractivity (Wildman–Crippen MR) is 99.1 cm³/mol. The number of rotatable bonds is 5. The Morgan fingerprint density at radius 3 is 2.88 bits per heavy atom. The summed E-state index contributed by atoms with van der Waals surface area (Å²) < 4.78 is 7.81. The van der Waals surface area contributed by atoms with Gasteiger partial charge >= 0.3 is 0 Å². The molecule has 1 fully saturated rings. The molecule has 134 valence electrons. The van der Waals surface area contributed by atoms with Gasteiger partial charge in [0.1, 0.15) is 5.69 Å². The summed E-state index contributed by atoms with van der Waals surface area (Å²) in [5, 5.41) is 4.34. The second-order valence-corrected chi connectivity index (χ2v) is 6.80. The van der Waals surface area contributed by atoms with Crippen molar-refractivity contribution in [1.82, 2.24) is 19.5 Å². The molecular weight excluding hydrogens is 328 g/mol. The normalized spacial score (nSPS) is 16.2. The van der Waals surface area contributed by atoms with Crippen LogP contribution < -0.4 is 0 Å². The van der Waals surface area contributed by atoms with Crippen molar-refractivity contribution < 1.29 is 9.53 Å². The molecule has 0 atom stereocenters. The van der Waals surface area contributed by atoms with E-state index < -0.39 is 0 Å². The quantitative estimate of drug-likeness (QED) is 0.662. The van der Waals surface area contributed by atoms with E-state index in [0.717, 1.165) is 54.7 Å². The molecule has 3 aromatic rings. The van der Waals surface area contributed by atoms with Crippen LogP contribution in [0.1, 0.15) is 28.9 Å². The minimum absolute atomic E-state index is 0.336. The van der Waals surface area contributed by atoms with E-state index in [2.05, 4.69) is 34.2 Å². The molecule has 0 aliphatic carbocycles. The standard InChI is InChI=1S/C20H22N4O2/c1-23-9-7-18(8-10-23)26-14-15-3-2-4-16(11-15)19-12-21-20-6-5-17(13-25)22-24(19)20/h2-6,11-13,18H,7-10,14H2,1H3. The fourth-order valence-corrected chi connectivity index (χ4v) is 3.33. The summed E-state index contributed by atoms with van der Waals surface area (Å²) in [4.78, 5) is 17.7. The second-order valence-electron chi connectivity index (χ2n) is 6.80. The molecule has 2 aromatic heterocycles. The van der Waals surface area contributed by atoms with Crippen molar-refractivity contribution in [2.75, 3.05) is 20.1 Å². The van der Waals surface area contributed by atoms with E-state index in [1.807, 2.05) is 12.1 Å². The Hall–Kier alpha value is -2.57. The molecule has 1 aromatic carbocycles. The van der Waals surface area contributed by atoms with Crippen LogP contribution in [0.5, 0.6) is 0 Å². The minimum Gasteiger partial charge on any atom is -0.373 e. The SMILES string of the molecule is CN1CCC(OCc2cccc(-c3cnc4ccc(C=O)nn34)c2)CC1. The van der Waals surface area contributed by atoms with Crippen molar-refractivity contribution in [1.29, 1.82) is 0 Å². The highest BCUT2D eigenvalue weighted by molar-refractivity contribution is 5.72. The third-order valence-electron chi connectivity index (χ3n) is 4.88. The van der Waals surface area contributed by atoms with Crippen molar-refractivity contribution in [3.63, 3.8) is 0 Å². The number of benzene rings is 1. The Labute approximate surface area is 152 Å². The van der Waals surface area contributed by atoms with Gasteiger partial charge in [-0.2, -0.15) is 5.10 Å². The van der Waals surface area contributed by atoms with Crippen molar-refractivity contribution in [3.8, 4) is 11.3 Å². The highest BCUT2D eigenvalue weighted by Gasteiger charge is 2.17. The van der Waals surface area contributed by atoms with Crippen LogP contribution in [0.25, 0.3) is 16.9 Å². The van der Waals surface area contributed by atoms with Gasteiger partial charge in [-0.15, -0.1) is 0 Å². The molecule has 0 bridgehead atoms. The number of carbonyl (C=O) groups is 1. The second kappa shape index (κ2) is 7.35. The molecule has 0 spiro atoms. The maximum Gasteiger partial charge on any atom is 0.170 e. The number of piperidine rings is 1. The molecule has 4 rings (SSSR count). The zero-order valence-electron chi connectivity index (χ0n) is 14.8. The van der Waals surface area contributed by atoms with Crippen LogP contribution >= 0.6 is 0 Å². The van der Waals surface area contributed by atoms with Crippen LogP contribution in [0.4, 0.5) is 0 Å². The van der Waals surface area contributed by atoms with Crippen LogP contribution in [-0.2, 0) is 11.3 Å². The van der Waals surface area contributed by atoms with Gasteiger partial charge in [0.25, 0.3) is 0 Å². The van der Waals surface area contributed by atoms with E-state index in [0.29, 0.717) is 18.4 Å². The van der Waals surface area contributed by atoms with Crippen LogP contribution in [0, 0.1) is 0 Å². The average molecular weight is 350 g/mol. The molecular formula is C20H22N4O2. The molecule has 3 heterocycles.